The number of hydrogen-bond donors (Lipinski definition) is 0. The minimum atomic E-state index is 0.732. The van der Waals surface area contributed by atoms with Crippen molar-refractivity contribution in [1.82, 2.24) is 14.7 Å². The summed E-state index contributed by atoms with van der Waals surface area (Å²) in [5, 5.41) is 5.13. The Morgan fingerprint density at radius 3 is 2.56 bits per heavy atom. The van der Waals surface area contributed by atoms with Crippen LogP contribution in [0.2, 0.25) is 5.15 Å². The van der Waals surface area contributed by atoms with Crippen molar-refractivity contribution in [3.63, 3.8) is 0 Å². The normalized spacial score (nSPS) is 17.6. The van der Waals surface area contributed by atoms with E-state index in [0.29, 0.717) is 0 Å². The van der Waals surface area contributed by atoms with E-state index in [1.54, 1.807) is 4.68 Å². The molecule has 0 N–H and O–H groups in total. The lowest BCUT2D eigenvalue weighted by Gasteiger charge is -2.23. The fourth-order valence-corrected chi connectivity index (χ4v) is 2.81. The molecule has 0 bridgehead atoms. The average molecular weight is 242 g/mol. The highest BCUT2D eigenvalue weighted by Crippen LogP contribution is 2.26. The van der Waals surface area contributed by atoms with Crippen molar-refractivity contribution in [2.75, 3.05) is 7.05 Å². The lowest BCUT2D eigenvalue weighted by molar-refractivity contribution is 0.237. The lowest BCUT2D eigenvalue weighted by atomic mass is 10.2. The molecule has 1 saturated carbocycles. The molecule has 1 fully saturated rings. The molecule has 0 atom stereocenters. The van der Waals surface area contributed by atoms with Crippen LogP contribution >= 0.6 is 11.6 Å². The van der Waals surface area contributed by atoms with E-state index < -0.39 is 0 Å². The molecule has 0 spiro atoms. The van der Waals surface area contributed by atoms with Gasteiger partial charge in [-0.2, -0.15) is 5.10 Å². The summed E-state index contributed by atoms with van der Waals surface area (Å²) < 4.78 is 1.76. The standard InChI is InChI=1S/C12H20ClN3/c1-9-11(12(13)16(3)14-9)8-15(2)10-6-4-5-7-10/h10H,4-8H2,1-3H3. The van der Waals surface area contributed by atoms with Crippen molar-refractivity contribution in [1.29, 1.82) is 0 Å². The molecule has 0 radical (unpaired) electrons. The molecule has 1 aliphatic carbocycles. The van der Waals surface area contributed by atoms with E-state index in [1.165, 1.54) is 31.2 Å². The van der Waals surface area contributed by atoms with Crippen molar-refractivity contribution in [2.24, 2.45) is 7.05 Å². The maximum Gasteiger partial charge on any atom is 0.131 e. The van der Waals surface area contributed by atoms with E-state index in [9.17, 15) is 0 Å². The summed E-state index contributed by atoms with van der Waals surface area (Å²) in [6, 6.07) is 0.732. The zero-order chi connectivity index (χ0) is 11.7. The van der Waals surface area contributed by atoms with Gasteiger partial charge >= 0.3 is 0 Å². The summed E-state index contributed by atoms with van der Waals surface area (Å²) in [5.74, 6) is 0. The molecule has 0 unspecified atom stereocenters. The smallest absolute Gasteiger partial charge is 0.131 e. The highest BCUT2D eigenvalue weighted by Gasteiger charge is 2.21. The summed E-state index contributed by atoms with van der Waals surface area (Å²) in [7, 11) is 4.09. The van der Waals surface area contributed by atoms with Crippen LogP contribution in [0.5, 0.6) is 0 Å². The van der Waals surface area contributed by atoms with Gasteiger partial charge in [0.25, 0.3) is 0 Å². The number of hydrogen-bond acceptors (Lipinski definition) is 2. The third kappa shape index (κ3) is 2.25. The molecule has 16 heavy (non-hydrogen) atoms. The first-order valence-corrected chi connectivity index (χ1v) is 6.35. The third-order valence-electron chi connectivity index (χ3n) is 3.63. The highest BCUT2D eigenvalue weighted by atomic mass is 35.5. The minimum Gasteiger partial charge on any atom is -0.299 e. The molecule has 4 heteroatoms. The summed E-state index contributed by atoms with van der Waals surface area (Å²) in [5.41, 5.74) is 2.23. The summed E-state index contributed by atoms with van der Waals surface area (Å²) in [4.78, 5) is 2.42. The number of halogens is 1. The molecule has 1 aromatic rings. The second kappa shape index (κ2) is 4.76. The first-order chi connectivity index (χ1) is 7.59. The SMILES string of the molecule is Cc1nn(C)c(Cl)c1CN(C)C1CCCC1. The quantitative estimate of drug-likeness (QED) is 0.812. The molecule has 0 aliphatic heterocycles. The summed E-state index contributed by atoms with van der Waals surface area (Å²) >= 11 is 6.24. The van der Waals surface area contributed by atoms with E-state index in [4.69, 9.17) is 11.6 Å². The van der Waals surface area contributed by atoms with Gasteiger partial charge in [0.05, 0.1) is 5.69 Å². The molecule has 2 rings (SSSR count). The maximum absolute atomic E-state index is 6.24. The Kier molecular flexibility index (Phi) is 3.55. The van der Waals surface area contributed by atoms with Crippen molar-refractivity contribution in [3.8, 4) is 0 Å². The van der Waals surface area contributed by atoms with Gasteiger partial charge in [-0.15, -0.1) is 0 Å². The van der Waals surface area contributed by atoms with Crippen LogP contribution in [0.25, 0.3) is 0 Å². The number of nitrogens with zero attached hydrogens (tertiary/aromatic N) is 3. The van der Waals surface area contributed by atoms with Crippen molar-refractivity contribution in [3.05, 3.63) is 16.4 Å². The first kappa shape index (κ1) is 11.9. The molecular formula is C12H20ClN3. The van der Waals surface area contributed by atoms with Gasteiger partial charge in [0.1, 0.15) is 5.15 Å². The zero-order valence-electron chi connectivity index (χ0n) is 10.3. The Hall–Kier alpha value is -0.540. The molecule has 0 amide bonds. The van der Waals surface area contributed by atoms with Crippen LogP contribution in [0.15, 0.2) is 0 Å². The number of rotatable bonds is 3. The van der Waals surface area contributed by atoms with Crippen LogP contribution in [-0.2, 0) is 13.6 Å². The van der Waals surface area contributed by atoms with Crippen LogP contribution in [0.3, 0.4) is 0 Å². The second-order valence-electron chi connectivity index (χ2n) is 4.83. The lowest BCUT2D eigenvalue weighted by Crippen LogP contribution is -2.28. The average Bonchev–Trinajstić information content (AvgIpc) is 2.83. The Labute approximate surface area is 102 Å². The molecule has 0 aromatic carbocycles. The van der Waals surface area contributed by atoms with Crippen molar-refractivity contribution in [2.45, 2.75) is 45.2 Å². The minimum absolute atomic E-state index is 0.732. The van der Waals surface area contributed by atoms with Gasteiger partial charge in [-0.05, 0) is 26.8 Å². The van der Waals surface area contributed by atoms with Crippen molar-refractivity contribution >= 4 is 11.6 Å². The molecule has 1 heterocycles. The Morgan fingerprint density at radius 2 is 2.06 bits per heavy atom. The molecule has 1 aromatic heterocycles. The highest BCUT2D eigenvalue weighted by molar-refractivity contribution is 6.30. The molecule has 0 saturated heterocycles. The van der Waals surface area contributed by atoms with Gasteiger partial charge in [-0.1, -0.05) is 24.4 Å². The maximum atomic E-state index is 6.24. The van der Waals surface area contributed by atoms with Gasteiger partial charge in [0.15, 0.2) is 0 Å². The largest absolute Gasteiger partial charge is 0.299 e. The van der Waals surface area contributed by atoms with Crippen LogP contribution in [0.4, 0.5) is 0 Å². The molecule has 3 nitrogen and oxygen atoms in total. The fourth-order valence-electron chi connectivity index (χ4n) is 2.58. The second-order valence-corrected chi connectivity index (χ2v) is 5.19. The molecular weight excluding hydrogens is 222 g/mol. The van der Waals surface area contributed by atoms with E-state index in [0.717, 1.165) is 23.4 Å². The van der Waals surface area contributed by atoms with Gasteiger partial charge in [-0.25, -0.2) is 0 Å². The van der Waals surface area contributed by atoms with E-state index >= 15 is 0 Å². The van der Waals surface area contributed by atoms with Crippen LogP contribution in [-0.4, -0.2) is 27.8 Å². The van der Waals surface area contributed by atoms with Crippen molar-refractivity contribution < 1.29 is 0 Å². The molecule has 90 valence electrons. The van der Waals surface area contributed by atoms with E-state index in [-0.39, 0.29) is 0 Å². The number of aryl methyl sites for hydroxylation is 2. The summed E-state index contributed by atoms with van der Waals surface area (Å²) in [6.45, 7) is 2.95. The van der Waals surface area contributed by atoms with Gasteiger partial charge in [0, 0.05) is 25.2 Å². The Bertz CT molecular complexity index is 367. The monoisotopic (exact) mass is 241 g/mol. The van der Waals surface area contributed by atoms with Gasteiger partial charge < -0.3 is 0 Å². The zero-order valence-corrected chi connectivity index (χ0v) is 11.1. The predicted molar refractivity (Wildman–Crippen MR) is 66.7 cm³/mol. The van der Waals surface area contributed by atoms with E-state index in [1.807, 2.05) is 14.0 Å². The molecule has 1 aliphatic rings. The topological polar surface area (TPSA) is 21.1 Å². The first-order valence-electron chi connectivity index (χ1n) is 5.98. The van der Waals surface area contributed by atoms with Crippen LogP contribution < -0.4 is 0 Å². The van der Waals surface area contributed by atoms with Crippen LogP contribution in [0, 0.1) is 6.92 Å². The van der Waals surface area contributed by atoms with Gasteiger partial charge in [-0.3, -0.25) is 9.58 Å². The summed E-state index contributed by atoms with van der Waals surface area (Å²) in [6.07, 6.45) is 5.39. The fraction of sp³-hybridized carbons (Fsp3) is 0.750. The van der Waals surface area contributed by atoms with E-state index in [2.05, 4.69) is 17.0 Å². The Morgan fingerprint density at radius 1 is 1.44 bits per heavy atom. The third-order valence-corrected chi connectivity index (χ3v) is 4.10. The number of aromatic nitrogens is 2. The van der Waals surface area contributed by atoms with Gasteiger partial charge in [0.2, 0.25) is 0 Å². The Balaban J connectivity index is 2.07. The van der Waals surface area contributed by atoms with Crippen LogP contribution in [0.1, 0.15) is 36.9 Å². The predicted octanol–water partition coefficient (Wildman–Crippen LogP) is 2.76.